The van der Waals surface area contributed by atoms with E-state index in [2.05, 4.69) is 32.1 Å². The molecule has 0 bridgehead atoms. The van der Waals surface area contributed by atoms with Gasteiger partial charge < -0.3 is 0 Å². The zero-order valence-corrected chi connectivity index (χ0v) is 6.20. The van der Waals surface area contributed by atoms with Crippen molar-refractivity contribution in [1.29, 1.82) is 0 Å². The Morgan fingerprint density at radius 1 is 1.43 bits per heavy atom. The smallest absolute Gasteiger partial charge is 0.0376 e. The monoisotopic (exact) mass is 116 g/mol. The molecule has 42 valence electrons. The van der Waals surface area contributed by atoms with Gasteiger partial charge in [-0.05, 0) is 19.8 Å². The molecule has 0 aliphatic heterocycles. The van der Waals surface area contributed by atoms with Gasteiger partial charge in [-0.1, -0.05) is 26.7 Å². The summed E-state index contributed by atoms with van der Waals surface area (Å²) in [7, 11) is 0.213. The molecule has 0 fully saturated rings. The summed E-state index contributed by atoms with van der Waals surface area (Å²) in [5, 5.41) is 0. The lowest BCUT2D eigenvalue weighted by atomic mass is 10.5. The summed E-state index contributed by atoms with van der Waals surface area (Å²) in [6, 6.07) is 0. The van der Waals surface area contributed by atoms with Crippen LogP contribution in [-0.4, -0.2) is 13.3 Å². The van der Waals surface area contributed by atoms with E-state index in [-0.39, 0.29) is 7.92 Å². The molecule has 0 saturated heterocycles. The number of rotatable bonds is 2. The molecule has 0 aromatic rings. The molecule has 0 N–H and O–H groups in total. The Morgan fingerprint density at radius 2 is 2.00 bits per heavy atom. The van der Waals surface area contributed by atoms with Crippen LogP contribution in [0.5, 0.6) is 0 Å². The van der Waals surface area contributed by atoms with Crippen LogP contribution in [0.25, 0.3) is 0 Å². The Labute approximate surface area is 47.4 Å². The second-order valence-corrected chi connectivity index (χ2v) is 3.98. The van der Waals surface area contributed by atoms with E-state index >= 15 is 0 Å². The maximum atomic E-state index is 2.29. The first kappa shape index (κ1) is 7.17. The lowest BCUT2D eigenvalue weighted by Gasteiger charge is -1.90. The average Bonchev–Trinajstić information content (AvgIpc) is 1.61. The predicted molar refractivity (Wildman–Crippen MR) is 38.2 cm³/mol. The van der Waals surface area contributed by atoms with Crippen molar-refractivity contribution in [2.24, 2.45) is 0 Å². The van der Waals surface area contributed by atoms with E-state index in [9.17, 15) is 0 Å². The SMILES string of the molecule is CCC=CP(C)C. The van der Waals surface area contributed by atoms with Gasteiger partial charge in [0.05, 0.1) is 0 Å². The van der Waals surface area contributed by atoms with Crippen molar-refractivity contribution < 1.29 is 0 Å². The molecule has 0 spiro atoms. The van der Waals surface area contributed by atoms with Crippen molar-refractivity contribution in [1.82, 2.24) is 0 Å². The van der Waals surface area contributed by atoms with E-state index in [1.54, 1.807) is 0 Å². The average molecular weight is 116 g/mol. The molecular formula is C6H13P. The topological polar surface area (TPSA) is 0 Å². The van der Waals surface area contributed by atoms with Crippen molar-refractivity contribution in [3.8, 4) is 0 Å². The molecule has 0 aromatic heterocycles. The minimum absolute atomic E-state index is 0.213. The Bertz CT molecular complexity index is 55.2. The second-order valence-electron chi connectivity index (χ2n) is 1.76. The fourth-order valence-corrected chi connectivity index (χ4v) is 0.949. The van der Waals surface area contributed by atoms with Crippen LogP contribution in [0.4, 0.5) is 0 Å². The molecule has 0 aliphatic rings. The Hall–Kier alpha value is 0.170. The standard InChI is InChI=1S/C6H13P/c1-4-5-6-7(2)3/h5-6H,4H2,1-3H3. The van der Waals surface area contributed by atoms with Crippen LogP contribution in [0.15, 0.2) is 11.9 Å². The molecule has 0 radical (unpaired) electrons. The maximum Gasteiger partial charge on any atom is -0.0376 e. The number of hydrogen-bond acceptors (Lipinski definition) is 0. The van der Waals surface area contributed by atoms with Crippen LogP contribution in [0.2, 0.25) is 0 Å². The molecule has 0 heterocycles. The summed E-state index contributed by atoms with van der Waals surface area (Å²) in [6.07, 6.45) is 3.41. The summed E-state index contributed by atoms with van der Waals surface area (Å²) in [6.45, 7) is 6.66. The largest absolute Gasteiger partial charge is 0.0900 e. The summed E-state index contributed by atoms with van der Waals surface area (Å²) >= 11 is 0. The van der Waals surface area contributed by atoms with E-state index in [0.717, 1.165) is 0 Å². The number of allylic oxidation sites excluding steroid dienone is 1. The van der Waals surface area contributed by atoms with E-state index in [1.807, 2.05) is 0 Å². The van der Waals surface area contributed by atoms with Crippen LogP contribution in [0.3, 0.4) is 0 Å². The fraction of sp³-hybridized carbons (Fsp3) is 0.667. The highest BCUT2D eigenvalue weighted by Crippen LogP contribution is 2.25. The van der Waals surface area contributed by atoms with Gasteiger partial charge in [0.1, 0.15) is 0 Å². The van der Waals surface area contributed by atoms with E-state index in [1.165, 1.54) is 6.42 Å². The van der Waals surface area contributed by atoms with Crippen molar-refractivity contribution in [3.05, 3.63) is 11.9 Å². The maximum absolute atomic E-state index is 2.29. The van der Waals surface area contributed by atoms with Gasteiger partial charge in [-0.3, -0.25) is 0 Å². The van der Waals surface area contributed by atoms with Crippen molar-refractivity contribution in [2.45, 2.75) is 13.3 Å². The van der Waals surface area contributed by atoms with Crippen LogP contribution in [0.1, 0.15) is 13.3 Å². The van der Waals surface area contributed by atoms with Crippen LogP contribution in [-0.2, 0) is 0 Å². The van der Waals surface area contributed by atoms with Gasteiger partial charge in [-0.15, -0.1) is 0 Å². The quantitative estimate of drug-likeness (QED) is 0.486. The molecule has 0 rings (SSSR count). The molecule has 0 saturated carbocycles. The Kier molecular flexibility index (Phi) is 4.44. The highest BCUT2D eigenvalue weighted by atomic mass is 31.1. The third-order valence-corrected chi connectivity index (χ3v) is 1.45. The molecule has 0 aromatic carbocycles. The molecule has 0 aliphatic carbocycles. The first-order valence-corrected chi connectivity index (χ1v) is 4.91. The highest BCUT2D eigenvalue weighted by Gasteiger charge is 1.76. The minimum atomic E-state index is 0.213. The third-order valence-electron chi connectivity index (χ3n) is 0.639. The van der Waals surface area contributed by atoms with Gasteiger partial charge in [-0.2, -0.15) is 0 Å². The highest BCUT2D eigenvalue weighted by molar-refractivity contribution is 7.59. The van der Waals surface area contributed by atoms with Crippen LogP contribution >= 0.6 is 7.92 Å². The summed E-state index contributed by atoms with van der Waals surface area (Å²) in [5.74, 6) is 2.29. The minimum Gasteiger partial charge on any atom is -0.0900 e. The summed E-state index contributed by atoms with van der Waals surface area (Å²) in [4.78, 5) is 0. The molecule has 7 heavy (non-hydrogen) atoms. The zero-order chi connectivity index (χ0) is 5.70. The molecule has 0 unspecified atom stereocenters. The fourth-order valence-electron chi connectivity index (χ4n) is 0.316. The van der Waals surface area contributed by atoms with E-state index in [4.69, 9.17) is 0 Å². The molecule has 0 amide bonds. The normalized spacial score (nSPS) is 11.4. The van der Waals surface area contributed by atoms with Gasteiger partial charge in [0.15, 0.2) is 0 Å². The van der Waals surface area contributed by atoms with Gasteiger partial charge in [0, 0.05) is 0 Å². The van der Waals surface area contributed by atoms with Crippen molar-refractivity contribution >= 4 is 7.92 Å². The van der Waals surface area contributed by atoms with Gasteiger partial charge >= 0.3 is 0 Å². The van der Waals surface area contributed by atoms with Crippen molar-refractivity contribution in [2.75, 3.05) is 13.3 Å². The lowest BCUT2D eigenvalue weighted by Crippen LogP contribution is -1.55. The molecular weight excluding hydrogens is 103 g/mol. The van der Waals surface area contributed by atoms with Gasteiger partial charge in [0.2, 0.25) is 0 Å². The van der Waals surface area contributed by atoms with Crippen LogP contribution < -0.4 is 0 Å². The first-order valence-electron chi connectivity index (χ1n) is 2.60. The Balaban J connectivity index is 3.08. The van der Waals surface area contributed by atoms with E-state index < -0.39 is 0 Å². The molecule has 1 heteroatoms. The Morgan fingerprint density at radius 3 is 2.14 bits per heavy atom. The summed E-state index contributed by atoms with van der Waals surface area (Å²) < 4.78 is 0. The summed E-state index contributed by atoms with van der Waals surface area (Å²) in [5.41, 5.74) is 0. The predicted octanol–water partition coefficient (Wildman–Crippen LogP) is 2.65. The van der Waals surface area contributed by atoms with Crippen molar-refractivity contribution in [3.63, 3.8) is 0 Å². The lowest BCUT2D eigenvalue weighted by molar-refractivity contribution is 1.23. The molecule has 0 nitrogen and oxygen atoms in total. The van der Waals surface area contributed by atoms with Crippen LogP contribution in [0, 0.1) is 0 Å². The van der Waals surface area contributed by atoms with Gasteiger partial charge in [0.25, 0.3) is 0 Å². The van der Waals surface area contributed by atoms with E-state index in [0.29, 0.717) is 0 Å². The first-order chi connectivity index (χ1) is 3.27. The number of hydrogen-bond donors (Lipinski definition) is 0. The van der Waals surface area contributed by atoms with Gasteiger partial charge in [-0.25, -0.2) is 0 Å². The zero-order valence-electron chi connectivity index (χ0n) is 5.31. The third kappa shape index (κ3) is 6.17. The molecule has 0 atom stereocenters. The second kappa shape index (κ2) is 4.33.